The predicted octanol–water partition coefficient (Wildman–Crippen LogP) is 19.9. The number of phosphoric ester groups is 1. The zero-order valence-corrected chi connectivity index (χ0v) is 53.4. The summed E-state index contributed by atoms with van der Waals surface area (Å²) < 4.78 is 30.3. The number of ether oxygens (including phenoxy) is 1. The zero-order valence-electron chi connectivity index (χ0n) is 52.5. The first kappa shape index (κ1) is 76.7. The molecule has 0 saturated carbocycles. The summed E-state index contributed by atoms with van der Waals surface area (Å²) in [5.41, 5.74) is 0. The molecular weight excluding hydrogens is 1010 g/mol. The number of carbonyl (C=O) groups excluding carboxylic acids is 2. The molecule has 0 aliphatic carbocycles. The van der Waals surface area contributed by atoms with Crippen molar-refractivity contribution in [3.05, 3.63) is 109 Å². The second-order valence-electron chi connectivity index (χ2n) is 22.9. The second-order valence-corrected chi connectivity index (χ2v) is 24.3. The molecule has 80 heavy (non-hydrogen) atoms. The topological polar surface area (TPSA) is 114 Å². The number of hydrogen-bond acceptors (Lipinski definition) is 7. The van der Waals surface area contributed by atoms with E-state index in [0.29, 0.717) is 17.4 Å². The molecule has 0 aromatic heterocycles. The maximum atomic E-state index is 13.5. The first-order valence-corrected chi connectivity index (χ1v) is 34.2. The summed E-state index contributed by atoms with van der Waals surface area (Å²) in [5, 5.41) is 3.02. The van der Waals surface area contributed by atoms with Gasteiger partial charge in [-0.25, -0.2) is 0 Å². The first-order valence-electron chi connectivity index (χ1n) is 32.7. The standard InChI is InChI=1S/C70H123N2O7P/c1-7-10-13-16-19-22-25-28-30-31-32-33-34-35-36-37-38-39-40-41-42-45-48-51-54-57-60-63-70(74)79-68(61-58-55-52-49-46-43-27-24-21-18-15-12-9-3)67(66-78-80(75,76)77-65-64-72(4,5)6)71-69(73)62-59-56-53-50-47-44-29-26-23-20-17-14-11-8-2/h10-11,13-14,19-20,22-23,28-30,32-33,35-36,44,58,61,67-68H,7-9,12,15-18,21,24-27,31,34,37-43,45-57,59-60,62-66H2,1-6H3,(H-,71,73,75,76)/b13-10-,14-11+,22-19-,23-20+,30-28-,33-32-,36-35-,44-29+,61-58-. The van der Waals surface area contributed by atoms with Crippen LogP contribution in [0.25, 0.3) is 0 Å². The molecule has 10 heteroatoms. The van der Waals surface area contributed by atoms with E-state index in [1.807, 2.05) is 33.3 Å². The van der Waals surface area contributed by atoms with E-state index in [9.17, 15) is 19.0 Å². The quantitative estimate of drug-likeness (QED) is 0.0212. The van der Waals surface area contributed by atoms with Crippen LogP contribution in [0.4, 0.5) is 0 Å². The highest BCUT2D eigenvalue weighted by atomic mass is 31.2. The molecule has 3 atom stereocenters. The Morgan fingerprint density at radius 3 is 1.20 bits per heavy atom. The minimum Gasteiger partial charge on any atom is -0.756 e. The molecule has 0 aromatic carbocycles. The summed E-state index contributed by atoms with van der Waals surface area (Å²) in [6.07, 6.45) is 80.6. The molecule has 460 valence electrons. The monoisotopic (exact) mass is 1130 g/mol. The second kappa shape index (κ2) is 58.9. The van der Waals surface area contributed by atoms with Crippen LogP contribution in [-0.2, 0) is 27.9 Å². The van der Waals surface area contributed by atoms with Crippen LogP contribution >= 0.6 is 7.82 Å². The van der Waals surface area contributed by atoms with Crippen molar-refractivity contribution in [1.82, 2.24) is 5.32 Å². The lowest BCUT2D eigenvalue weighted by Gasteiger charge is -2.30. The number of esters is 1. The fourth-order valence-electron chi connectivity index (χ4n) is 8.97. The van der Waals surface area contributed by atoms with Crippen LogP contribution in [0.2, 0.25) is 0 Å². The molecule has 0 saturated heterocycles. The Morgan fingerprint density at radius 1 is 0.450 bits per heavy atom. The Bertz CT molecular complexity index is 1740. The van der Waals surface area contributed by atoms with Crippen molar-refractivity contribution in [2.24, 2.45) is 0 Å². The molecule has 1 amide bonds. The van der Waals surface area contributed by atoms with Crippen LogP contribution in [0.15, 0.2) is 109 Å². The molecule has 0 aromatic rings. The lowest BCUT2D eigenvalue weighted by atomic mass is 10.0. The lowest BCUT2D eigenvalue weighted by Crippen LogP contribution is -2.47. The molecule has 0 aliphatic heterocycles. The van der Waals surface area contributed by atoms with Gasteiger partial charge in [-0.05, 0) is 109 Å². The van der Waals surface area contributed by atoms with E-state index in [-0.39, 0.29) is 31.3 Å². The number of unbranched alkanes of at least 4 members (excludes halogenated alkanes) is 26. The van der Waals surface area contributed by atoms with Crippen molar-refractivity contribution in [3.63, 3.8) is 0 Å². The number of amides is 1. The van der Waals surface area contributed by atoms with E-state index in [2.05, 4.69) is 123 Å². The van der Waals surface area contributed by atoms with E-state index in [1.165, 1.54) is 103 Å². The Hall–Kier alpha value is -3.33. The van der Waals surface area contributed by atoms with Crippen molar-refractivity contribution in [2.45, 2.75) is 283 Å². The summed E-state index contributed by atoms with van der Waals surface area (Å²) in [5.74, 6) is -0.573. The molecule has 0 fully saturated rings. The molecule has 0 heterocycles. The summed E-state index contributed by atoms with van der Waals surface area (Å²) in [6, 6.07) is -0.907. The van der Waals surface area contributed by atoms with Crippen molar-refractivity contribution >= 4 is 19.7 Å². The van der Waals surface area contributed by atoms with Crippen LogP contribution < -0.4 is 10.2 Å². The Balaban J connectivity index is 5.13. The van der Waals surface area contributed by atoms with Gasteiger partial charge in [-0.3, -0.25) is 14.2 Å². The van der Waals surface area contributed by atoms with Gasteiger partial charge in [0.2, 0.25) is 5.91 Å². The molecular formula is C70H123N2O7P. The number of phosphoric acid groups is 1. The molecule has 0 radical (unpaired) electrons. The first-order chi connectivity index (χ1) is 38.9. The fourth-order valence-corrected chi connectivity index (χ4v) is 9.70. The molecule has 3 unspecified atom stereocenters. The van der Waals surface area contributed by atoms with E-state index in [1.54, 1.807) is 0 Å². The van der Waals surface area contributed by atoms with Crippen LogP contribution in [0.5, 0.6) is 0 Å². The van der Waals surface area contributed by atoms with Gasteiger partial charge >= 0.3 is 5.97 Å². The van der Waals surface area contributed by atoms with Gasteiger partial charge in [0.05, 0.1) is 33.8 Å². The third-order valence-corrected chi connectivity index (χ3v) is 14.9. The smallest absolute Gasteiger partial charge is 0.306 e. The summed E-state index contributed by atoms with van der Waals surface area (Å²) in [7, 11) is 1.16. The van der Waals surface area contributed by atoms with E-state index in [0.717, 1.165) is 128 Å². The van der Waals surface area contributed by atoms with Gasteiger partial charge < -0.3 is 28.5 Å². The minimum absolute atomic E-state index is 0.0319. The van der Waals surface area contributed by atoms with Crippen molar-refractivity contribution < 1.29 is 37.3 Å². The number of nitrogens with zero attached hydrogens (tertiary/aromatic N) is 1. The van der Waals surface area contributed by atoms with Gasteiger partial charge in [-0.15, -0.1) is 0 Å². The van der Waals surface area contributed by atoms with Gasteiger partial charge in [0.1, 0.15) is 19.3 Å². The maximum absolute atomic E-state index is 13.5. The number of hydrogen-bond donors (Lipinski definition) is 1. The van der Waals surface area contributed by atoms with Crippen LogP contribution in [0, 0.1) is 0 Å². The molecule has 9 nitrogen and oxygen atoms in total. The molecule has 0 aliphatic rings. The summed E-state index contributed by atoms with van der Waals surface area (Å²) in [6.45, 7) is 6.60. The van der Waals surface area contributed by atoms with Crippen LogP contribution in [-0.4, -0.2) is 69.4 Å². The lowest BCUT2D eigenvalue weighted by molar-refractivity contribution is -0.870. The average Bonchev–Trinajstić information content (AvgIpc) is 3.42. The normalized spacial score (nSPS) is 14.3. The Kier molecular flexibility index (Phi) is 56.4. The van der Waals surface area contributed by atoms with Gasteiger partial charge in [-0.1, -0.05) is 259 Å². The molecule has 0 rings (SSSR count). The highest BCUT2D eigenvalue weighted by Crippen LogP contribution is 2.38. The van der Waals surface area contributed by atoms with E-state index in [4.69, 9.17) is 13.8 Å². The van der Waals surface area contributed by atoms with Crippen molar-refractivity contribution in [2.75, 3.05) is 40.9 Å². The number of nitrogens with one attached hydrogen (secondary N) is 1. The number of rotatable bonds is 58. The van der Waals surface area contributed by atoms with Gasteiger partial charge in [0, 0.05) is 12.8 Å². The van der Waals surface area contributed by atoms with E-state index >= 15 is 0 Å². The maximum Gasteiger partial charge on any atom is 0.306 e. The zero-order chi connectivity index (χ0) is 58.6. The SMILES string of the molecule is CC/C=C\C/C=C\C/C=C\C/C=C\C/C=C\CCCCCCCCCCCCCC(=O)OC(/C=C\CCCCCCCCCCCCC)C(COP(=O)([O-])OCC[N+](C)(C)C)NC(=O)CCCCCC/C=C/C/C=C/C/C=C/CC. The largest absolute Gasteiger partial charge is 0.756 e. The number of allylic oxidation sites excluding steroid dienone is 17. The molecule has 0 bridgehead atoms. The molecule has 1 N–H and O–H groups in total. The number of carbonyl (C=O) groups is 2. The van der Waals surface area contributed by atoms with Crippen LogP contribution in [0.1, 0.15) is 271 Å². The molecule has 0 spiro atoms. The van der Waals surface area contributed by atoms with Crippen molar-refractivity contribution in [1.29, 1.82) is 0 Å². The van der Waals surface area contributed by atoms with Crippen molar-refractivity contribution in [3.8, 4) is 0 Å². The van der Waals surface area contributed by atoms with E-state index < -0.39 is 26.6 Å². The van der Waals surface area contributed by atoms with Gasteiger partial charge in [0.15, 0.2) is 0 Å². The summed E-state index contributed by atoms with van der Waals surface area (Å²) >= 11 is 0. The highest BCUT2D eigenvalue weighted by Gasteiger charge is 2.27. The van der Waals surface area contributed by atoms with Gasteiger partial charge in [0.25, 0.3) is 7.82 Å². The summed E-state index contributed by atoms with van der Waals surface area (Å²) in [4.78, 5) is 40.0. The third kappa shape index (κ3) is 59.3. The number of quaternary nitrogens is 1. The Morgan fingerprint density at radius 2 is 0.800 bits per heavy atom. The average molecular weight is 1140 g/mol. The van der Waals surface area contributed by atoms with Crippen LogP contribution in [0.3, 0.4) is 0 Å². The Labute approximate surface area is 493 Å². The minimum atomic E-state index is -4.71. The third-order valence-electron chi connectivity index (χ3n) is 13.9. The highest BCUT2D eigenvalue weighted by molar-refractivity contribution is 7.45. The predicted molar refractivity (Wildman–Crippen MR) is 344 cm³/mol. The van der Waals surface area contributed by atoms with Gasteiger partial charge in [-0.2, -0.15) is 0 Å². The number of likely N-dealkylation sites (N-methyl/N-ethyl adjacent to an activating group) is 1. The fraction of sp³-hybridized carbons (Fsp3) is 0.714.